The maximum absolute atomic E-state index is 5.97. The van der Waals surface area contributed by atoms with Gasteiger partial charge < -0.3 is 14.2 Å². The van der Waals surface area contributed by atoms with Gasteiger partial charge in [-0.2, -0.15) is 0 Å². The number of nitrogens with zero attached hydrogens (tertiary/aromatic N) is 1. The standard InChI is InChI=1S/C17H25NO3/c1-17(2,3)20-12-13-6-5-7-14(10-13)21-15-8-9-16(19-4)18-11-15/h8-11,14H,5-7,12H2,1-4H3. The van der Waals surface area contributed by atoms with Crippen molar-refractivity contribution >= 4 is 0 Å². The average Bonchev–Trinajstić information content (AvgIpc) is 2.46. The van der Waals surface area contributed by atoms with E-state index in [4.69, 9.17) is 14.2 Å². The van der Waals surface area contributed by atoms with Gasteiger partial charge in [0.1, 0.15) is 11.9 Å². The number of ether oxygens (including phenoxy) is 3. The van der Waals surface area contributed by atoms with E-state index < -0.39 is 0 Å². The summed E-state index contributed by atoms with van der Waals surface area (Å²) in [5.41, 5.74) is 1.22. The molecule has 0 radical (unpaired) electrons. The zero-order valence-corrected chi connectivity index (χ0v) is 13.4. The van der Waals surface area contributed by atoms with Crippen molar-refractivity contribution < 1.29 is 14.2 Å². The quantitative estimate of drug-likeness (QED) is 0.774. The van der Waals surface area contributed by atoms with Gasteiger partial charge in [0.2, 0.25) is 5.88 Å². The van der Waals surface area contributed by atoms with Crippen molar-refractivity contribution in [3.63, 3.8) is 0 Å². The fraction of sp³-hybridized carbons (Fsp3) is 0.588. The molecule has 4 heteroatoms. The summed E-state index contributed by atoms with van der Waals surface area (Å²) in [6.07, 6.45) is 7.26. The summed E-state index contributed by atoms with van der Waals surface area (Å²) in [7, 11) is 1.61. The molecule has 0 bridgehead atoms. The van der Waals surface area contributed by atoms with Crippen LogP contribution in [0.15, 0.2) is 30.0 Å². The van der Waals surface area contributed by atoms with Gasteiger partial charge in [0.15, 0.2) is 0 Å². The van der Waals surface area contributed by atoms with Crippen molar-refractivity contribution in [1.29, 1.82) is 0 Å². The molecule has 0 saturated carbocycles. The molecule has 1 aliphatic carbocycles. The molecule has 0 amide bonds. The van der Waals surface area contributed by atoms with Crippen LogP contribution >= 0.6 is 0 Å². The zero-order chi connectivity index (χ0) is 15.3. The molecule has 116 valence electrons. The summed E-state index contributed by atoms with van der Waals surface area (Å²) >= 11 is 0. The van der Waals surface area contributed by atoms with Crippen LogP contribution in [0.1, 0.15) is 40.0 Å². The van der Waals surface area contributed by atoms with Crippen LogP contribution < -0.4 is 9.47 Å². The van der Waals surface area contributed by atoms with Gasteiger partial charge in [0.05, 0.1) is 25.5 Å². The minimum absolute atomic E-state index is 0.103. The molecule has 1 aromatic heterocycles. The van der Waals surface area contributed by atoms with Gasteiger partial charge in [-0.25, -0.2) is 4.98 Å². The smallest absolute Gasteiger partial charge is 0.213 e. The molecule has 4 nitrogen and oxygen atoms in total. The summed E-state index contributed by atoms with van der Waals surface area (Å²) in [5, 5.41) is 0. The molecule has 0 aromatic carbocycles. The van der Waals surface area contributed by atoms with E-state index in [1.165, 1.54) is 5.57 Å². The normalized spacial score (nSPS) is 19.0. The second-order valence-electron chi connectivity index (χ2n) is 6.31. The molecule has 0 aliphatic heterocycles. The predicted octanol–water partition coefficient (Wildman–Crippen LogP) is 3.76. The van der Waals surface area contributed by atoms with Crippen molar-refractivity contribution in [1.82, 2.24) is 4.98 Å². The molecule has 1 unspecified atom stereocenters. The number of aromatic nitrogens is 1. The van der Waals surface area contributed by atoms with E-state index in [0.29, 0.717) is 12.5 Å². The first-order valence-electron chi connectivity index (χ1n) is 7.46. The number of hydrogen-bond donors (Lipinski definition) is 0. The largest absolute Gasteiger partial charge is 0.485 e. The Balaban J connectivity index is 1.93. The fourth-order valence-corrected chi connectivity index (χ4v) is 2.21. The predicted molar refractivity (Wildman–Crippen MR) is 82.8 cm³/mol. The van der Waals surface area contributed by atoms with Crippen molar-refractivity contribution in [2.45, 2.75) is 51.7 Å². The summed E-state index contributed by atoms with van der Waals surface area (Å²) in [5.74, 6) is 1.37. The number of pyridine rings is 1. The van der Waals surface area contributed by atoms with Crippen LogP contribution in [0.5, 0.6) is 11.6 Å². The molecule has 21 heavy (non-hydrogen) atoms. The Hall–Kier alpha value is -1.55. The molecule has 1 aliphatic rings. The van der Waals surface area contributed by atoms with Crippen molar-refractivity contribution in [2.75, 3.05) is 13.7 Å². The Kier molecular flexibility index (Phi) is 5.23. The summed E-state index contributed by atoms with van der Waals surface area (Å²) < 4.78 is 16.9. The van der Waals surface area contributed by atoms with Gasteiger partial charge >= 0.3 is 0 Å². The van der Waals surface area contributed by atoms with Crippen molar-refractivity contribution in [2.24, 2.45) is 0 Å². The Morgan fingerprint density at radius 2 is 2.10 bits per heavy atom. The minimum Gasteiger partial charge on any atom is -0.485 e. The van der Waals surface area contributed by atoms with E-state index in [-0.39, 0.29) is 11.7 Å². The number of hydrogen-bond acceptors (Lipinski definition) is 4. The molecule has 1 aromatic rings. The van der Waals surface area contributed by atoms with Gasteiger partial charge in [-0.1, -0.05) is 0 Å². The van der Waals surface area contributed by atoms with Crippen LogP contribution in [-0.4, -0.2) is 30.4 Å². The zero-order valence-electron chi connectivity index (χ0n) is 13.4. The Morgan fingerprint density at radius 3 is 2.71 bits per heavy atom. The molecular weight excluding hydrogens is 266 g/mol. The highest BCUT2D eigenvalue weighted by atomic mass is 16.5. The van der Waals surface area contributed by atoms with Gasteiger partial charge in [-0.15, -0.1) is 0 Å². The van der Waals surface area contributed by atoms with E-state index in [2.05, 4.69) is 31.8 Å². The van der Waals surface area contributed by atoms with Crippen LogP contribution in [0, 0.1) is 0 Å². The second kappa shape index (κ2) is 6.94. The van der Waals surface area contributed by atoms with Gasteiger partial charge in [-0.3, -0.25) is 0 Å². The topological polar surface area (TPSA) is 40.6 Å². The van der Waals surface area contributed by atoms with E-state index in [9.17, 15) is 0 Å². The van der Waals surface area contributed by atoms with Crippen LogP contribution in [0.2, 0.25) is 0 Å². The molecule has 1 atom stereocenters. The second-order valence-corrected chi connectivity index (χ2v) is 6.31. The van der Waals surface area contributed by atoms with Gasteiger partial charge in [0.25, 0.3) is 0 Å². The molecule has 2 rings (SSSR count). The third kappa shape index (κ3) is 5.38. The maximum Gasteiger partial charge on any atom is 0.213 e. The maximum atomic E-state index is 5.97. The average molecular weight is 291 g/mol. The summed E-state index contributed by atoms with van der Waals surface area (Å²) in [4.78, 5) is 4.16. The van der Waals surface area contributed by atoms with Crippen molar-refractivity contribution in [3.05, 3.63) is 30.0 Å². The number of rotatable bonds is 5. The van der Waals surface area contributed by atoms with E-state index >= 15 is 0 Å². The lowest BCUT2D eigenvalue weighted by atomic mass is 9.97. The van der Waals surface area contributed by atoms with Crippen LogP contribution in [-0.2, 0) is 4.74 Å². The highest BCUT2D eigenvalue weighted by Gasteiger charge is 2.17. The van der Waals surface area contributed by atoms with Crippen LogP contribution in [0.25, 0.3) is 0 Å². The Morgan fingerprint density at radius 1 is 1.29 bits per heavy atom. The molecule has 0 fully saturated rings. The SMILES string of the molecule is COc1ccc(OC2C=C(COC(C)(C)C)CCC2)cn1. The third-order valence-corrected chi connectivity index (χ3v) is 3.30. The first kappa shape index (κ1) is 15.8. The van der Waals surface area contributed by atoms with E-state index in [0.717, 1.165) is 25.0 Å². The van der Waals surface area contributed by atoms with Crippen LogP contribution in [0.4, 0.5) is 0 Å². The molecule has 0 spiro atoms. The van der Waals surface area contributed by atoms with Gasteiger partial charge in [-0.05, 0) is 57.7 Å². The summed E-state index contributed by atoms with van der Waals surface area (Å²) in [6, 6.07) is 3.70. The lowest BCUT2D eigenvalue weighted by molar-refractivity contribution is 0.00891. The first-order chi connectivity index (χ1) is 9.96. The highest BCUT2D eigenvalue weighted by molar-refractivity contribution is 5.24. The summed E-state index contributed by atoms with van der Waals surface area (Å²) in [6.45, 7) is 6.92. The minimum atomic E-state index is -0.103. The van der Waals surface area contributed by atoms with E-state index in [1.807, 2.05) is 12.1 Å². The third-order valence-electron chi connectivity index (χ3n) is 3.30. The molecule has 0 N–H and O–H groups in total. The van der Waals surface area contributed by atoms with E-state index in [1.54, 1.807) is 13.3 Å². The highest BCUT2D eigenvalue weighted by Crippen LogP contribution is 2.24. The van der Waals surface area contributed by atoms with Crippen molar-refractivity contribution in [3.8, 4) is 11.6 Å². The lowest BCUT2D eigenvalue weighted by Crippen LogP contribution is -2.23. The number of methoxy groups -OCH3 is 1. The first-order valence-corrected chi connectivity index (χ1v) is 7.46. The Labute approximate surface area is 127 Å². The molecular formula is C17H25NO3. The lowest BCUT2D eigenvalue weighted by Gasteiger charge is -2.25. The van der Waals surface area contributed by atoms with Crippen LogP contribution in [0.3, 0.4) is 0 Å². The fourth-order valence-electron chi connectivity index (χ4n) is 2.21. The molecule has 0 saturated heterocycles. The van der Waals surface area contributed by atoms with Gasteiger partial charge in [0, 0.05) is 6.07 Å². The molecule has 1 heterocycles. The monoisotopic (exact) mass is 291 g/mol. The Bertz CT molecular complexity index is 474.